The summed E-state index contributed by atoms with van der Waals surface area (Å²) >= 11 is 0. The highest BCUT2D eigenvalue weighted by Gasteiger charge is 2.09. The molecule has 3 nitrogen and oxygen atoms in total. The van der Waals surface area contributed by atoms with Crippen LogP contribution in [-0.4, -0.2) is 26.9 Å². The lowest BCUT2D eigenvalue weighted by Gasteiger charge is -2.07. The molecule has 1 aliphatic rings. The maximum Gasteiger partial charge on any atom is 0.121 e. The summed E-state index contributed by atoms with van der Waals surface area (Å²) in [7, 11) is 1.67. The summed E-state index contributed by atoms with van der Waals surface area (Å²) in [5.41, 5.74) is 2.59. The molecule has 0 radical (unpaired) electrons. The molecule has 0 amide bonds. The largest absolute Gasteiger partial charge is 0.491 e. The molecule has 2 rings (SSSR count). The highest BCUT2D eigenvalue weighted by atomic mass is 16.5. The summed E-state index contributed by atoms with van der Waals surface area (Å²) in [6.07, 6.45) is 1.12. The molecule has 14 heavy (non-hydrogen) atoms. The third-order valence-corrected chi connectivity index (χ3v) is 2.35. The predicted molar refractivity (Wildman–Crippen MR) is 56.0 cm³/mol. The first-order valence-corrected chi connectivity index (χ1v) is 4.88. The van der Waals surface area contributed by atoms with E-state index >= 15 is 0 Å². The molecule has 1 aromatic carbocycles. The maximum absolute atomic E-state index is 5.51. The van der Waals surface area contributed by atoms with E-state index in [0.29, 0.717) is 13.2 Å². The zero-order valence-electron chi connectivity index (χ0n) is 8.38. The van der Waals surface area contributed by atoms with Crippen LogP contribution in [-0.2, 0) is 11.2 Å². The second-order valence-corrected chi connectivity index (χ2v) is 3.34. The average Bonchev–Trinajstić information content (AvgIpc) is 2.65. The summed E-state index contributed by atoms with van der Waals surface area (Å²) < 4.78 is 10.4. The summed E-state index contributed by atoms with van der Waals surface area (Å²) in [5, 5.41) is 3.32. The number of ether oxygens (including phenoxy) is 2. The number of methoxy groups -OCH3 is 1. The zero-order valence-corrected chi connectivity index (χ0v) is 8.38. The number of anilines is 1. The fraction of sp³-hybridized carbons (Fsp3) is 0.455. The van der Waals surface area contributed by atoms with Crippen molar-refractivity contribution in [3.63, 3.8) is 0 Å². The topological polar surface area (TPSA) is 30.5 Å². The van der Waals surface area contributed by atoms with Crippen molar-refractivity contribution < 1.29 is 9.47 Å². The summed E-state index contributed by atoms with van der Waals surface area (Å²) in [5.74, 6) is 0.912. The van der Waals surface area contributed by atoms with E-state index in [4.69, 9.17) is 9.47 Å². The molecular weight excluding hydrogens is 178 g/mol. The van der Waals surface area contributed by atoms with E-state index < -0.39 is 0 Å². The van der Waals surface area contributed by atoms with Crippen LogP contribution in [0.3, 0.4) is 0 Å². The molecule has 0 saturated heterocycles. The molecule has 3 heteroatoms. The fourth-order valence-corrected chi connectivity index (χ4v) is 1.60. The molecule has 0 bridgehead atoms. The number of fused-ring (bicyclic) bond motifs is 1. The Morgan fingerprint density at radius 1 is 1.36 bits per heavy atom. The van der Waals surface area contributed by atoms with Crippen LogP contribution in [0.5, 0.6) is 5.75 Å². The lowest BCUT2D eigenvalue weighted by atomic mass is 10.1. The Kier molecular flexibility index (Phi) is 2.89. The Morgan fingerprint density at radius 2 is 2.29 bits per heavy atom. The van der Waals surface area contributed by atoms with Gasteiger partial charge in [-0.1, -0.05) is 6.07 Å². The molecule has 1 heterocycles. The molecule has 1 aliphatic heterocycles. The van der Waals surface area contributed by atoms with Crippen molar-refractivity contribution >= 4 is 5.69 Å². The van der Waals surface area contributed by atoms with Gasteiger partial charge in [-0.05, 0) is 18.1 Å². The third kappa shape index (κ3) is 1.99. The standard InChI is InChI=1S/C11H15NO2/c1-13-6-7-14-10-3-2-9-4-5-12-11(9)8-10/h2-3,8,12H,4-7H2,1H3. The number of benzene rings is 1. The SMILES string of the molecule is COCCOc1ccc2c(c1)NCC2. The lowest BCUT2D eigenvalue weighted by Crippen LogP contribution is -2.04. The highest BCUT2D eigenvalue weighted by Crippen LogP contribution is 2.26. The van der Waals surface area contributed by atoms with Gasteiger partial charge in [0, 0.05) is 25.4 Å². The predicted octanol–water partition coefficient (Wildman–Crippen LogP) is 1.68. The molecule has 0 spiro atoms. The minimum absolute atomic E-state index is 0.606. The van der Waals surface area contributed by atoms with Crippen LogP contribution >= 0.6 is 0 Å². The summed E-state index contributed by atoms with van der Waals surface area (Å²) in [6.45, 7) is 2.27. The van der Waals surface area contributed by atoms with Crippen LogP contribution in [0.1, 0.15) is 5.56 Å². The van der Waals surface area contributed by atoms with Gasteiger partial charge in [0.05, 0.1) is 6.61 Å². The lowest BCUT2D eigenvalue weighted by molar-refractivity contribution is 0.146. The Balaban J connectivity index is 1.98. The van der Waals surface area contributed by atoms with E-state index in [2.05, 4.69) is 17.4 Å². The van der Waals surface area contributed by atoms with E-state index in [1.54, 1.807) is 7.11 Å². The van der Waals surface area contributed by atoms with Crippen LogP contribution in [0.15, 0.2) is 18.2 Å². The smallest absolute Gasteiger partial charge is 0.121 e. The molecule has 0 saturated carbocycles. The highest BCUT2D eigenvalue weighted by molar-refractivity contribution is 5.58. The second-order valence-electron chi connectivity index (χ2n) is 3.34. The molecule has 0 unspecified atom stereocenters. The zero-order chi connectivity index (χ0) is 9.80. The van der Waals surface area contributed by atoms with Gasteiger partial charge in [-0.3, -0.25) is 0 Å². The Morgan fingerprint density at radius 3 is 3.14 bits per heavy atom. The van der Waals surface area contributed by atoms with Crippen molar-refractivity contribution in [2.24, 2.45) is 0 Å². The minimum atomic E-state index is 0.606. The van der Waals surface area contributed by atoms with Gasteiger partial charge in [0.25, 0.3) is 0 Å². The quantitative estimate of drug-likeness (QED) is 0.738. The normalized spacial score (nSPS) is 13.5. The van der Waals surface area contributed by atoms with Crippen molar-refractivity contribution in [2.45, 2.75) is 6.42 Å². The molecular formula is C11H15NO2. The summed E-state index contributed by atoms with van der Waals surface area (Å²) in [4.78, 5) is 0. The van der Waals surface area contributed by atoms with Gasteiger partial charge in [0.15, 0.2) is 0 Å². The first-order valence-electron chi connectivity index (χ1n) is 4.88. The van der Waals surface area contributed by atoms with Crippen molar-refractivity contribution in [3.8, 4) is 5.75 Å². The maximum atomic E-state index is 5.51. The van der Waals surface area contributed by atoms with Gasteiger partial charge < -0.3 is 14.8 Å². The fourth-order valence-electron chi connectivity index (χ4n) is 1.60. The van der Waals surface area contributed by atoms with Crippen molar-refractivity contribution in [1.82, 2.24) is 0 Å². The van der Waals surface area contributed by atoms with E-state index in [1.165, 1.54) is 11.3 Å². The van der Waals surface area contributed by atoms with Crippen molar-refractivity contribution in [2.75, 3.05) is 32.2 Å². The van der Waals surface area contributed by atoms with Gasteiger partial charge in [0.1, 0.15) is 12.4 Å². The number of hydrogen-bond donors (Lipinski definition) is 1. The Bertz CT molecular complexity index is 312. The van der Waals surface area contributed by atoms with Crippen molar-refractivity contribution in [3.05, 3.63) is 23.8 Å². The van der Waals surface area contributed by atoms with Crippen LogP contribution in [0.4, 0.5) is 5.69 Å². The molecule has 1 aromatic rings. The van der Waals surface area contributed by atoms with E-state index in [0.717, 1.165) is 18.7 Å². The Hall–Kier alpha value is -1.22. The van der Waals surface area contributed by atoms with Gasteiger partial charge >= 0.3 is 0 Å². The molecule has 1 N–H and O–H groups in total. The summed E-state index contributed by atoms with van der Waals surface area (Å²) in [6, 6.07) is 6.19. The van der Waals surface area contributed by atoms with E-state index in [1.807, 2.05) is 6.07 Å². The third-order valence-electron chi connectivity index (χ3n) is 2.35. The van der Waals surface area contributed by atoms with Gasteiger partial charge in [-0.25, -0.2) is 0 Å². The van der Waals surface area contributed by atoms with Gasteiger partial charge in [0.2, 0.25) is 0 Å². The van der Waals surface area contributed by atoms with Gasteiger partial charge in [-0.15, -0.1) is 0 Å². The number of rotatable bonds is 4. The monoisotopic (exact) mass is 193 g/mol. The van der Waals surface area contributed by atoms with Crippen molar-refractivity contribution in [1.29, 1.82) is 0 Å². The van der Waals surface area contributed by atoms with Gasteiger partial charge in [-0.2, -0.15) is 0 Å². The number of nitrogens with one attached hydrogen (secondary N) is 1. The van der Waals surface area contributed by atoms with Crippen LogP contribution < -0.4 is 10.1 Å². The number of hydrogen-bond acceptors (Lipinski definition) is 3. The van der Waals surface area contributed by atoms with Crippen LogP contribution in [0, 0.1) is 0 Å². The van der Waals surface area contributed by atoms with E-state index in [9.17, 15) is 0 Å². The Labute approximate surface area is 84.0 Å². The first kappa shape index (κ1) is 9.34. The molecule has 0 aliphatic carbocycles. The molecule has 76 valence electrons. The average molecular weight is 193 g/mol. The molecule has 0 aromatic heterocycles. The first-order chi connectivity index (χ1) is 6.90. The van der Waals surface area contributed by atoms with E-state index in [-0.39, 0.29) is 0 Å². The van der Waals surface area contributed by atoms with Crippen LogP contribution in [0.25, 0.3) is 0 Å². The van der Waals surface area contributed by atoms with Crippen LogP contribution in [0.2, 0.25) is 0 Å². The molecule has 0 fully saturated rings. The second kappa shape index (κ2) is 4.33. The minimum Gasteiger partial charge on any atom is -0.491 e. The molecule has 0 atom stereocenters.